The Morgan fingerprint density at radius 2 is 0.975 bits per heavy atom. The van der Waals surface area contributed by atoms with Crippen LogP contribution in [0.25, 0.3) is 0 Å². The Kier molecular flexibility index (Phi) is 28.5. The van der Waals surface area contributed by atoms with Crippen LogP contribution in [0.5, 0.6) is 0 Å². The lowest BCUT2D eigenvalue weighted by molar-refractivity contribution is -0.0169. The van der Waals surface area contributed by atoms with Gasteiger partial charge in [0.25, 0.3) is 5.91 Å². The van der Waals surface area contributed by atoms with Crippen LogP contribution >= 0.6 is 11.3 Å². The van der Waals surface area contributed by atoms with Gasteiger partial charge in [-0.3, -0.25) is 4.79 Å². The number of carbonyl (C=O) groups is 1. The van der Waals surface area contributed by atoms with Gasteiger partial charge in [-0.2, -0.15) is 11.3 Å². The average Bonchev–Trinajstić information content (AvgIpc) is 3.51. The number of thiophene rings is 1. The highest BCUT2D eigenvalue weighted by molar-refractivity contribution is 7.08. The summed E-state index contributed by atoms with van der Waals surface area (Å²) < 4.78 is 33.3. The highest BCUT2D eigenvalue weighted by atomic mass is 32.1. The molecule has 0 radical (unpaired) electrons. The third kappa shape index (κ3) is 25.9. The van der Waals surface area contributed by atoms with Crippen LogP contribution in [0.3, 0.4) is 0 Å². The summed E-state index contributed by atoms with van der Waals surface area (Å²) in [6.07, 6.45) is 14.8. The maximum Gasteiger partial charge on any atom is 0.252 e. The molecule has 1 aromatic heterocycles. The zero-order valence-electron chi connectivity index (χ0n) is 25.2. The lowest BCUT2D eigenvalue weighted by atomic mass is 10.1. The van der Waals surface area contributed by atoms with E-state index < -0.39 is 0 Å². The summed E-state index contributed by atoms with van der Waals surface area (Å²) >= 11 is 1.54. The van der Waals surface area contributed by atoms with Crippen LogP contribution in [0.2, 0.25) is 0 Å². The van der Waals surface area contributed by atoms with Gasteiger partial charge < -0.3 is 33.7 Å². The van der Waals surface area contributed by atoms with Gasteiger partial charge in [-0.1, -0.05) is 64.7 Å². The molecule has 0 fully saturated rings. The molecule has 0 aliphatic heterocycles. The van der Waals surface area contributed by atoms with Crippen LogP contribution < -0.4 is 5.32 Å². The molecule has 0 spiro atoms. The SMILES string of the molecule is CCCCCCCCCCOCCOCCOCCOCCOCCOCCCCCCNC(=O)c1ccsc1. The van der Waals surface area contributed by atoms with Gasteiger partial charge in [-0.25, -0.2) is 0 Å². The standard InChI is InChI=1S/C31H57NO7S/c1-2-3-4-5-6-7-9-12-16-34-18-20-36-22-24-38-26-27-39-25-23-37-21-19-35-17-13-10-8-11-15-32-31(33)30-14-28-40-29-30/h14,28-29H,2-13,15-27H2,1H3,(H,32,33). The molecule has 9 heteroatoms. The van der Waals surface area contributed by atoms with E-state index in [1.165, 1.54) is 56.3 Å². The first-order valence-corrected chi connectivity index (χ1v) is 16.6. The zero-order valence-corrected chi connectivity index (χ0v) is 26.0. The molecule has 0 saturated carbocycles. The molecule has 1 rings (SSSR count). The Morgan fingerprint density at radius 1 is 0.575 bits per heavy atom. The summed E-state index contributed by atoms with van der Waals surface area (Å²) in [5.74, 6) is 0.0186. The van der Waals surface area contributed by atoms with Crippen molar-refractivity contribution in [1.29, 1.82) is 0 Å². The molecule has 0 aliphatic rings. The molecule has 1 amide bonds. The van der Waals surface area contributed by atoms with Gasteiger partial charge in [-0.05, 0) is 30.7 Å². The van der Waals surface area contributed by atoms with E-state index in [0.717, 1.165) is 57.4 Å². The number of hydrogen-bond acceptors (Lipinski definition) is 8. The molecule has 0 unspecified atom stereocenters. The number of carbonyl (C=O) groups excluding carboxylic acids is 1. The van der Waals surface area contributed by atoms with Crippen molar-refractivity contribution < 1.29 is 33.2 Å². The summed E-state index contributed by atoms with van der Waals surface area (Å²) in [6, 6.07) is 1.85. The Hall–Kier alpha value is -1.07. The monoisotopic (exact) mass is 587 g/mol. The highest BCUT2D eigenvalue weighted by Crippen LogP contribution is 2.08. The van der Waals surface area contributed by atoms with Crippen molar-refractivity contribution in [2.24, 2.45) is 0 Å². The van der Waals surface area contributed by atoms with E-state index >= 15 is 0 Å². The summed E-state index contributed by atoms with van der Waals surface area (Å²) in [5.41, 5.74) is 0.749. The van der Waals surface area contributed by atoms with Crippen LogP contribution in [0, 0.1) is 0 Å². The zero-order chi connectivity index (χ0) is 28.6. The molecule has 0 atom stereocenters. The molecule has 1 aromatic rings. The summed E-state index contributed by atoms with van der Waals surface area (Å²) in [5, 5.41) is 6.74. The minimum Gasteiger partial charge on any atom is -0.379 e. The first kappa shape index (κ1) is 37.0. The van der Waals surface area contributed by atoms with Crippen molar-refractivity contribution in [2.75, 3.05) is 85.8 Å². The Labute approximate surface area is 247 Å². The average molecular weight is 588 g/mol. The topological polar surface area (TPSA) is 84.5 Å². The predicted molar refractivity (Wildman–Crippen MR) is 163 cm³/mol. The summed E-state index contributed by atoms with van der Waals surface area (Å²) in [4.78, 5) is 11.8. The first-order chi connectivity index (χ1) is 19.8. The number of rotatable bonds is 32. The molecule has 0 aromatic carbocycles. The number of ether oxygens (including phenoxy) is 6. The molecular weight excluding hydrogens is 530 g/mol. The summed E-state index contributed by atoms with van der Waals surface area (Å²) in [6.45, 7) is 10.4. The minimum absolute atomic E-state index is 0.0186. The van der Waals surface area contributed by atoms with Gasteiger partial charge >= 0.3 is 0 Å². The van der Waals surface area contributed by atoms with E-state index in [0.29, 0.717) is 66.1 Å². The van der Waals surface area contributed by atoms with Gasteiger partial charge in [0.15, 0.2) is 0 Å². The third-order valence-electron chi connectivity index (χ3n) is 6.29. The Morgan fingerprint density at radius 3 is 1.40 bits per heavy atom. The van der Waals surface area contributed by atoms with Crippen molar-refractivity contribution >= 4 is 17.2 Å². The fraction of sp³-hybridized carbons (Fsp3) is 0.839. The normalized spacial score (nSPS) is 11.3. The van der Waals surface area contributed by atoms with Gasteiger partial charge in [-0.15, -0.1) is 0 Å². The summed E-state index contributed by atoms with van der Waals surface area (Å²) in [7, 11) is 0. The van der Waals surface area contributed by atoms with E-state index in [-0.39, 0.29) is 5.91 Å². The first-order valence-electron chi connectivity index (χ1n) is 15.6. The molecule has 1 N–H and O–H groups in total. The lowest BCUT2D eigenvalue weighted by Crippen LogP contribution is -2.23. The van der Waals surface area contributed by atoms with Crippen LogP contribution in [-0.2, 0) is 28.4 Å². The van der Waals surface area contributed by atoms with Crippen LogP contribution in [0.4, 0.5) is 0 Å². The van der Waals surface area contributed by atoms with Crippen LogP contribution in [-0.4, -0.2) is 91.7 Å². The van der Waals surface area contributed by atoms with Crippen molar-refractivity contribution in [3.05, 3.63) is 22.4 Å². The second-order valence-corrected chi connectivity index (χ2v) is 10.6. The number of nitrogens with one attached hydrogen (secondary N) is 1. The molecule has 0 bridgehead atoms. The Bertz CT molecular complexity index is 633. The van der Waals surface area contributed by atoms with E-state index in [2.05, 4.69) is 12.2 Å². The fourth-order valence-electron chi connectivity index (χ4n) is 3.92. The largest absolute Gasteiger partial charge is 0.379 e. The fourth-order valence-corrected chi connectivity index (χ4v) is 4.56. The van der Waals surface area contributed by atoms with E-state index in [9.17, 15) is 4.79 Å². The second kappa shape index (κ2) is 30.9. The Balaban J connectivity index is 1.63. The second-order valence-electron chi connectivity index (χ2n) is 9.83. The molecular formula is C31H57NO7S. The van der Waals surface area contributed by atoms with E-state index in [1.54, 1.807) is 0 Å². The smallest absolute Gasteiger partial charge is 0.252 e. The maximum atomic E-state index is 11.8. The van der Waals surface area contributed by atoms with Gasteiger partial charge in [0.1, 0.15) is 0 Å². The molecule has 8 nitrogen and oxygen atoms in total. The van der Waals surface area contributed by atoms with Gasteiger partial charge in [0.05, 0.1) is 66.1 Å². The van der Waals surface area contributed by atoms with Crippen molar-refractivity contribution in [2.45, 2.75) is 84.0 Å². The lowest BCUT2D eigenvalue weighted by Gasteiger charge is -2.08. The third-order valence-corrected chi connectivity index (χ3v) is 6.97. The minimum atomic E-state index is 0.0186. The van der Waals surface area contributed by atoms with Crippen molar-refractivity contribution in [1.82, 2.24) is 5.32 Å². The van der Waals surface area contributed by atoms with Crippen molar-refractivity contribution in [3.8, 4) is 0 Å². The predicted octanol–water partition coefficient (Wildman–Crippen LogP) is 6.28. The van der Waals surface area contributed by atoms with Crippen LogP contribution in [0.15, 0.2) is 16.8 Å². The number of amides is 1. The molecule has 0 saturated heterocycles. The van der Waals surface area contributed by atoms with E-state index in [1.807, 2.05) is 16.8 Å². The van der Waals surface area contributed by atoms with Crippen LogP contribution in [0.1, 0.15) is 94.3 Å². The maximum absolute atomic E-state index is 11.8. The number of hydrogen-bond donors (Lipinski definition) is 1. The van der Waals surface area contributed by atoms with E-state index in [4.69, 9.17) is 28.4 Å². The van der Waals surface area contributed by atoms with Crippen molar-refractivity contribution in [3.63, 3.8) is 0 Å². The van der Waals surface area contributed by atoms with Gasteiger partial charge in [0, 0.05) is 30.7 Å². The number of unbranched alkanes of at least 4 members (excludes halogenated alkanes) is 10. The molecule has 1 heterocycles. The quantitative estimate of drug-likeness (QED) is 0.0994. The molecule has 40 heavy (non-hydrogen) atoms. The highest BCUT2D eigenvalue weighted by Gasteiger charge is 2.03. The molecule has 234 valence electrons. The van der Waals surface area contributed by atoms with Gasteiger partial charge in [0.2, 0.25) is 0 Å². The molecule has 0 aliphatic carbocycles.